The number of nitriles is 1. The third-order valence-corrected chi connectivity index (χ3v) is 4.86. The molecule has 128 valence electrons. The summed E-state index contributed by atoms with van der Waals surface area (Å²) in [5, 5.41) is 11.0. The minimum absolute atomic E-state index is 0.307. The normalized spacial score (nSPS) is 10.8. The predicted molar refractivity (Wildman–Crippen MR) is 112 cm³/mol. The molecular formula is C19H15Cl2IN2O. The van der Waals surface area contributed by atoms with Crippen molar-refractivity contribution in [1.82, 2.24) is 4.57 Å². The third kappa shape index (κ3) is 3.89. The second-order valence-corrected chi connectivity index (χ2v) is 7.34. The number of benzene rings is 2. The van der Waals surface area contributed by atoms with Gasteiger partial charge >= 0.3 is 0 Å². The molecule has 3 nitrogen and oxygen atoms in total. The number of hydrogen-bond donors (Lipinski definition) is 0. The zero-order valence-corrected chi connectivity index (χ0v) is 17.0. The number of aryl methyl sites for hydroxylation is 1. The topological polar surface area (TPSA) is 38.0 Å². The average Bonchev–Trinajstić information content (AvgIpc) is 3.03. The van der Waals surface area contributed by atoms with Crippen LogP contribution in [-0.4, -0.2) is 21.5 Å². The lowest BCUT2D eigenvalue weighted by molar-refractivity contribution is 0.342. The van der Waals surface area contributed by atoms with Crippen molar-refractivity contribution in [3.63, 3.8) is 0 Å². The smallest absolute Gasteiger partial charge is 0.155 e. The van der Waals surface area contributed by atoms with Crippen LogP contribution in [0.1, 0.15) is 11.1 Å². The molecule has 6 heteroatoms. The van der Waals surface area contributed by atoms with E-state index in [1.54, 1.807) is 6.07 Å². The lowest BCUT2D eigenvalue weighted by atomic mass is 10.1. The van der Waals surface area contributed by atoms with Crippen molar-refractivity contribution >= 4 is 56.7 Å². The van der Waals surface area contributed by atoms with Gasteiger partial charge in [-0.05, 0) is 42.3 Å². The van der Waals surface area contributed by atoms with Gasteiger partial charge in [-0.25, -0.2) is 0 Å². The largest absolute Gasteiger partial charge is 0.489 e. The van der Waals surface area contributed by atoms with Gasteiger partial charge in [0.05, 0.1) is 22.0 Å². The highest BCUT2D eigenvalue weighted by atomic mass is 127. The Morgan fingerprint density at radius 3 is 2.76 bits per heavy atom. The molecule has 0 aliphatic rings. The highest BCUT2D eigenvalue weighted by Crippen LogP contribution is 2.33. The van der Waals surface area contributed by atoms with Gasteiger partial charge in [-0.2, -0.15) is 5.26 Å². The summed E-state index contributed by atoms with van der Waals surface area (Å²) in [6, 6.07) is 14.3. The minimum Gasteiger partial charge on any atom is -0.489 e. The molecule has 2 aromatic carbocycles. The van der Waals surface area contributed by atoms with Crippen molar-refractivity contribution in [3.05, 3.63) is 58.7 Å². The molecule has 0 radical (unpaired) electrons. The zero-order chi connectivity index (χ0) is 17.8. The number of ether oxygens (including phenoxy) is 1. The SMILES string of the molecule is N#Cc1cc(-n2ccc3cc(CCI)ccc32)cc(Cl)c1OCCCl. The Labute approximate surface area is 170 Å². The fraction of sp³-hybridized carbons (Fsp3) is 0.211. The Hall–Kier alpha value is -1.42. The summed E-state index contributed by atoms with van der Waals surface area (Å²) < 4.78 is 8.64. The van der Waals surface area contributed by atoms with Gasteiger partial charge in [0.25, 0.3) is 0 Å². The number of hydrogen-bond acceptors (Lipinski definition) is 2. The Balaban J connectivity index is 2.06. The number of aromatic nitrogens is 1. The van der Waals surface area contributed by atoms with E-state index in [0.29, 0.717) is 28.8 Å². The minimum atomic E-state index is 0.307. The van der Waals surface area contributed by atoms with Crippen molar-refractivity contribution in [2.45, 2.75) is 6.42 Å². The van der Waals surface area contributed by atoms with E-state index in [1.807, 2.05) is 16.8 Å². The molecule has 0 atom stereocenters. The van der Waals surface area contributed by atoms with Crippen LogP contribution in [0.25, 0.3) is 16.6 Å². The molecular weight excluding hydrogens is 470 g/mol. The summed E-state index contributed by atoms with van der Waals surface area (Å²) in [4.78, 5) is 0. The maximum Gasteiger partial charge on any atom is 0.155 e. The van der Waals surface area contributed by atoms with Gasteiger partial charge in [0.1, 0.15) is 12.7 Å². The second-order valence-electron chi connectivity index (χ2n) is 5.47. The first-order valence-electron chi connectivity index (χ1n) is 7.76. The predicted octanol–water partition coefficient (Wildman–Crippen LogP) is 5.75. The van der Waals surface area contributed by atoms with Crippen LogP contribution < -0.4 is 4.74 Å². The molecule has 0 amide bonds. The zero-order valence-electron chi connectivity index (χ0n) is 13.3. The van der Waals surface area contributed by atoms with Crippen LogP contribution in [0.4, 0.5) is 0 Å². The van der Waals surface area contributed by atoms with Crippen LogP contribution in [0.15, 0.2) is 42.6 Å². The number of fused-ring (bicyclic) bond motifs is 1. The lowest BCUT2D eigenvalue weighted by Gasteiger charge is -2.12. The van der Waals surface area contributed by atoms with Gasteiger partial charge in [-0.3, -0.25) is 0 Å². The first-order valence-corrected chi connectivity index (χ1v) is 10.2. The maximum absolute atomic E-state index is 9.44. The van der Waals surface area contributed by atoms with Crippen LogP contribution in [0.2, 0.25) is 5.02 Å². The molecule has 0 aliphatic carbocycles. The first kappa shape index (κ1) is 18.4. The number of nitrogens with zero attached hydrogens (tertiary/aromatic N) is 2. The Kier molecular flexibility index (Phi) is 6.10. The molecule has 3 aromatic rings. The molecule has 0 saturated carbocycles. The van der Waals surface area contributed by atoms with Crippen LogP contribution in [-0.2, 0) is 6.42 Å². The molecule has 1 heterocycles. The third-order valence-electron chi connectivity index (χ3n) is 3.89. The summed E-state index contributed by atoms with van der Waals surface area (Å²) in [6.45, 7) is 0.307. The van der Waals surface area contributed by atoms with Crippen LogP contribution in [0.5, 0.6) is 5.75 Å². The van der Waals surface area contributed by atoms with Crippen molar-refractivity contribution in [2.75, 3.05) is 16.9 Å². The van der Waals surface area contributed by atoms with E-state index in [2.05, 4.69) is 52.9 Å². The van der Waals surface area contributed by atoms with E-state index in [1.165, 1.54) is 10.9 Å². The van der Waals surface area contributed by atoms with E-state index in [-0.39, 0.29) is 0 Å². The van der Waals surface area contributed by atoms with E-state index >= 15 is 0 Å². The van der Waals surface area contributed by atoms with Crippen molar-refractivity contribution in [1.29, 1.82) is 5.26 Å². The molecule has 0 N–H and O–H groups in total. The van der Waals surface area contributed by atoms with Crippen LogP contribution in [0, 0.1) is 11.3 Å². The summed E-state index contributed by atoms with van der Waals surface area (Å²) in [7, 11) is 0. The van der Waals surface area contributed by atoms with Gasteiger partial charge in [-0.15, -0.1) is 11.6 Å². The van der Waals surface area contributed by atoms with Gasteiger partial charge in [0, 0.05) is 21.7 Å². The Morgan fingerprint density at radius 2 is 2.04 bits per heavy atom. The lowest BCUT2D eigenvalue weighted by Crippen LogP contribution is -2.02. The van der Waals surface area contributed by atoms with E-state index in [4.69, 9.17) is 27.9 Å². The summed E-state index contributed by atoms with van der Waals surface area (Å²) in [5.74, 6) is 0.722. The van der Waals surface area contributed by atoms with Crippen molar-refractivity contribution in [2.24, 2.45) is 0 Å². The van der Waals surface area contributed by atoms with Gasteiger partial charge < -0.3 is 9.30 Å². The fourth-order valence-corrected chi connectivity index (χ4v) is 3.74. The molecule has 3 rings (SSSR count). The molecule has 0 spiro atoms. The molecule has 0 aliphatic heterocycles. The molecule has 0 fully saturated rings. The Morgan fingerprint density at radius 1 is 1.20 bits per heavy atom. The van der Waals surface area contributed by atoms with Gasteiger partial charge in [0.15, 0.2) is 5.75 Å². The molecule has 0 unspecified atom stereocenters. The number of halogens is 3. The molecule has 1 aromatic heterocycles. The molecule has 25 heavy (non-hydrogen) atoms. The highest BCUT2D eigenvalue weighted by Gasteiger charge is 2.13. The first-order chi connectivity index (χ1) is 12.2. The van der Waals surface area contributed by atoms with Gasteiger partial charge in [-0.1, -0.05) is 40.3 Å². The number of alkyl halides is 2. The Bertz CT molecular complexity index is 946. The maximum atomic E-state index is 9.44. The monoisotopic (exact) mass is 484 g/mol. The van der Waals surface area contributed by atoms with Crippen LogP contribution >= 0.6 is 45.8 Å². The quantitative estimate of drug-likeness (QED) is 0.330. The summed E-state index contributed by atoms with van der Waals surface area (Å²) in [5.41, 5.74) is 3.62. The summed E-state index contributed by atoms with van der Waals surface area (Å²) >= 11 is 14.4. The van der Waals surface area contributed by atoms with E-state index in [9.17, 15) is 5.26 Å². The van der Waals surface area contributed by atoms with E-state index in [0.717, 1.165) is 22.1 Å². The van der Waals surface area contributed by atoms with E-state index < -0.39 is 0 Å². The molecule has 0 bridgehead atoms. The van der Waals surface area contributed by atoms with Crippen molar-refractivity contribution in [3.8, 4) is 17.5 Å². The number of rotatable bonds is 6. The fourth-order valence-electron chi connectivity index (χ4n) is 2.77. The summed E-state index contributed by atoms with van der Waals surface area (Å²) in [6.07, 6.45) is 3.04. The van der Waals surface area contributed by atoms with Crippen molar-refractivity contribution < 1.29 is 4.74 Å². The van der Waals surface area contributed by atoms with Gasteiger partial charge in [0.2, 0.25) is 0 Å². The standard InChI is InChI=1S/C19H15Cl2IN2O/c20-5-8-25-19-15(12-23)10-16(11-17(19)21)24-7-4-14-9-13(3-6-22)1-2-18(14)24/h1-2,4,7,9-11H,3,5-6,8H2. The average molecular weight is 485 g/mol. The molecule has 0 saturated heterocycles. The highest BCUT2D eigenvalue weighted by molar-refractivity contribution is 14.1. The van der Waals surface area contributed by atoms with Crippen LogP contribution in [0.3, 0.4) is 0 Å². The second kappa shape index (κ2) is 8.31.